The molecule has 0 saturated carbocycles. The van der Waals surface area contributed by atoms with Crippen LogP contribution in [0.25, 0.3) is 0 Å². The van der Waals surface area contributed by atoms with Crippen molar-refractivity contribution in [3.63, 3.8) is 0 Å². The highest BCUT2D eigenvalue weighted by Gasteiger charge is 2.21. The topological polar surface area (TPSA) is 69.6 Å². The van der Waals surface area contributed by atoms with Gasteiger partial charge in [0.2, 0.25) is 0 Å². The van der Waals surface area contributed by atoms with Crippen molar-refractivity contribution >= 4 is 40.8 Å². The van der Waals surface area contributed by atoms with E-state index in [0.717, 1.165) is 0 Å². The quantitative estimate of drug-likeness (QED) is 0.915. The summed E-state index contributed by atoms with van der Waals surface area (Å²) in [5.41, 5.74) is 0.0485. The molecular formula is C15H14Cl2N4O2. The fourth-order valence-electron chi connectivity index (χ4n) is 2.51. The number of hydrogen-bond donors (Lipinski definition) is 1. The lowest BCUT2D eigenvalue weighted by Crippen LogP contribution is -2.47. The Kier molecular flexibility index (Phi) is 4.54. The average molecular weight is 353 g/mol. The number of halogens is 2. The van der Waals surface area contributed by atoms with Crippen LogP contribution in [-0.4, -0.2) is 47.2 Å². The second kappa shape index (κ2) is 6.60. The molecule has 0 spiro atoms. The number of pyridine rings is 2. The fourth-order valence-corrected chi connectivity index (χ4v) is 3.01. The van der Waals surface area contributed by atoms with Crippen molar-refractivity contribution in [3.8, 4) is 0 Å². The highest BCUT2D eigenvalue weighted by Crippen LogP contribution is 2.27. The van der Waals surface area contributed by atoms with Crippen LogP contribution in [-0.2, 0) is 0 Å². The van der Waals surface area contributed by atoms with E-state index < -0.39 is 5.97 Å². The Balaban J connectivity index is 1.71. The molecule has 1 N–H and O–H groups in total. The number of aromatic carboxylic acids is 1. The fraction of sp³-hybridized carbons (Fsp3) is 0.267. The first-order valence-corrected chi connectivity index (χ1v) is 7.81. The molecule has 6 nitrogen and oxygen atoms in total. The first kappa shape index (κ1) is 15.8. The van der Waals surface area contributed by atoms with Gasteiger partial charge in [-0.05, 0) is 18.2 Å². The lowest BCUT2D eigenvalue weighted by molar-refractivity contribution is 0.0690. The Morgan fingerprint density at radius 2 is 1.83 bits per heavy atom. The van der Waals surface area contributed by atoms with E-state index in [0.29, 0.717) is 47.9 Å². The van der Waals surface area contributed by atoms with Crippen LogP contribution in [0.5, 0.6) is 0 Å². The highest BCUT2D eigenvalue weighted by atomic mass is 35.5. The highest BCUT2D eigenvalue weighted by molar-refractivity contribution is 6.36. The molecule has 8 heteroatoms. The van der Waals surface area contributed by atoms with Gasteiger partial charge >= 0.3 is 5.97 Å². The molecule has 2 aromatic heterocycles. The molecule has 0 aliphatic carbocycles. The molecule has 3 heterocycles. The molecule has 0 amide bonds. The number of carboxylic acids is 1. The Morgan fingerprint density at radius 3 is 2.48 bits per heavy atom. The third-order valence-corrected chi connectivity index (χ3v) is 4.13. The van der Waals surface area contributed by atoms with E-state index in [1.807, 2.05) is 11.0 Å². The molecule has 3 rings (SSSR count). The summed E-state index contributed by atoms with van der Waals surface area (Å²) in [6.07, 6.45) is 1.58. The second-order valence-electron chi connectivity index (χ2n) is 5.12. The Morgan fingerprint density at radius 1 is 1.13 bits per heavy atom. The molecule has 0 radical (unpaired) electrons. The van der Waals surface area contributed by atoms with E-state index in [9.17, 15) is 4.79 Å². The number of piperazine rings is 1. The van der Waals surface area contributed by atoms with Gasteiger partial charge in [0.05, 0.1) is 10.0 Å². The van der Waals surface area contributed by atoms with Crippen LogP contribution in [0.1, 0.15) is 10.5 Å². The summed E-state index contributed by atoms with van der Waals surface area (Å²) in [7, 11) is 0. The first-order chi connectivity index (χ1) is 11.0. The number of aromatic nitrogens is 2. The number of rotatable bonds is 3. The third-order valence-electron chi connectivity index (χ3n) is 3.65. The maximum absolute atomic E-state index is 11.0. The van der Waals surface area contributed by atoms with Crippen LogP contribution in [0.3, 0.4) is 0 Å². The van der Waals surface area contributed by atoms with E-state index in [1.165, 1.54) is 6.07 Å². The minimum Gasteiger partial charge on any atom is -0.477 e. The largest absolute Gasteiger partial charge is 0.477 e. The van der Waals surface area contributed by atoms with Crippen molar-refractivity contribution in [2.24, 2.45) is 0 Å². The predicted molar refractivity (Wildman–Crippen MR) is 89.9 cm³/mol. The summed E-state index contributed by atoms with van der Waals surface area (Å²) in [6, 6.07) is 6.68. The van der Waals surface area contributed by atoms with Crippen LogP contribution >= 0.6 is 23.2 Å². The minimum absolute atomic E-state index is 0.0485. The Hall–Kier alpha value is -2.05. The van der Waals surface area contributed by atoms with E-state index in [2.05, 4.69) is 14.9 Å². The number of anilines is 2. The molecule has 2 aromatic rings. The minimum atomic E-state index is -1.03. The Bertz CT molecular complexity index is 733. The van der Waals surface area contributed by atoms with Crippen LogP contribution in [0.15, 0.2) is 30.5 Å². The lowest BCUT2D eigenvalue weighted by atomic mass is 10.2. The van der Waals surface area contributed by atoms with Gasteiger partial charge in [-0.15, -0.1) is 0 Å². The van der Waals surface area contributed by atoms with Crippen molar-refractivity contribution < 1.29 is 9.90 Å². The Labute approximate surface area is 143 Å². The third kappa shape index (κ3) is 3.48. The van der Waals surface area contributed by atoms with Gasteiger partial charge in [-0.25, -0.2) is 14.8 Å². The summed E-state index contributed by atoms with van der Waals surface area (Å²) in [5, 5.41) is 10.1. The summed E-state index contributed by atoms with van der Waals surface area (Å²) in [4.78, 5) is 23.6. The van der Waals surface area contributed by atoms with Crippen molar-refractivity contribution in [3.05, 3.63) is 46.2 Å². The maximum Gasteiger partial charge on any atom is 0.354 e. The molecule has 0 atom stereocenters. The van der Waals surface area contributed by atoms with Gasteiger partial charge in [0, 0.05) is 32.4 Å². The van der Waals surface area contributed by atoms with Crippen LogP contribution in [0.4, 0.5) is 11.6 Å². The number of nitrogens with zero attached hydrogens (tertiary/aromatic N) is 4. The van der Waals surface area contributed by atoms with Crippen molar-refractivity contribution in [2.45, 2.75) is 0 Å². The molecule has 23 heavy (non-hydrogen) atoms. The predicted octanol–water partition coefficient (Wildman–Crippen LogP) is 2.81. The zero-order chi connectivity index (χ0) is 16.4. The van der Waals surface area contributed by atoms with Crippen molar-refractivity contribution in [1.29, 1.82) is 0 Å². The molecule has 1 fully saturated rings. The molecule has 120 valence electrons. The van der Waals surface area contributed by atoms with E-state index in [4.69, 9.17) is 28.3 Å². The summed E-state index contributed by atoms with van der Waals surface area (Å²) in [6.45, 7) is 2.84. The second-order valence-corrected chi connectivity index (χ2v) is 5.96. The van der Waals surface area contributed by atoms with Gasteiger partial charge in [0.1, 0.15) is 11.6 Å². The molecule has 1 aliphatic rings. The van der Waals surface area contributed by atoms with Crippen LogP contribution in [0.2, 0.25) is 10.0 Å². The van der Waals surface area contributed by atoms with Gasteiger partial charge in [0.25, 0.3) is 0 Å². The van der Waals surface area contributed by atoms with Gasteiger partial charge in [-0.1, -0.05) is 29.3 Å². The monoisotopic (exact) mass is 352 g/mol. The van der Waals surface area contributed by atoms with E-state index in [1.54, 1.807) is 18.3 Å². The summed E-state index contributed by atoms with van der Waals surface area (Å²) < 4.78 is 0. The van der Waals surface area contributed by atoms with Gasteiger partial charge in [0.15, 0.2) is 5.69 Å². The lowest BCUT2D eigenvalue weighted by Gasteiger charge is -2.36. The number of carboxylic acid groups (broad SMARTS) is 1. The zero-order valence-corrected chi connectivity index (χ0v) is 13.6. The van der Waals surface area contributed by atoms with Crippen LogP contribution in [0, 0.1) is 0 Å². The molecule has 0 aromatic carbocycles. The molecule has 0 bridgehead atoms. The van der Waals surface area contributed by atoms with Gasteiger partial charge in [-0.3, -0.25) is 0 Å². The van der Waals surface area contributed by atoms with Crippen molar-refractivity contribution in [1.82, 2.24) is 9.97 Å². The normalized spacial score (nSPS) is 14.9. The van der Waals surface area contributed by atoms with Gasteiger partial charge < -0.3 is 14.9 Å². The van der Waals surface area contributed by atoms with Gasteiger partial charge in [-0.2, -0.15) is 0 Å². The molecule has 1 aliphatic heterocycles. The van der Waals surface area contributed by atoms with Crippen LogP contribution < -0.4 is 9.80 Å². The smallest absolute Gasteiger partial charge is 0.354 e. The van der Waals surface area contributed by atoms with E-state index >= 15 is 0 Å². The van der Waals surface area contributed by atoms with Crippen molar-refractivity contribution in [2.75, 3.05) is 36.0 Å². The van der Waals surface area contributed by atoms with E-state index in [-0.39, 0.29) is 5.69 Å². The standard InChI is InChI=1S/C15H14Cl2N4O2/c16-10-8-11(17)14(18-9-10)21-6-4-20(5-7-21)13-3-1-2-12(19-13)15(22)23/h1-3,8-9H,4-7H2,(H,22,23). The maximum atomic E-state index is 11.0. The zero-order valence-electron chi connectivity index (χ0n) is 12.1. The summed E-state index contributed by atoms with van der Waals surface area (Å²) >= 11 is 12.1. The number of carbonyl (C=O) groups is 1. The first-order valence-electron chi connectivity index (χ1n) is 7.06. The number of hydrogen-bond acceptors (Lipinski definition) is 5. The molecule has 0 unspecified atom stereocenters. The molecule has 1 saturated heterocycles. The average Bonchev–Trinajstić information content (AvgIpc) is 2.55. The summed E-state index contributed by atoms with van der Waals surface area (Å²) in [5.74, 6) is 0.352. The SMILES string of the molecule is O=C(O)c1cccc(N2CCN(c3ncc(Cl)cc3Cl)CC2)n1. The molecular weight excluding hydrogens is 339 g/mol.